The van der Waals surface area contributed by atoms with Crippen LogP contribution >= 0.6 is 0 Å². The van der Waals surface area contributed by atoms with Crippen molar-refractivity contribution in [2.24, 2.45) is 28.1 Å². The normalized spacial score (nSPS) is 39.0. The fourth-order valence-electron chi connectivity index (χ4n) is 5.04. The molecule has 0 aliphatic heterocycles. The van der Waals surface area contributed by atoms with Gasteiger partial charge in [0.2, 0.25) is 0 Å². The molecule has 0 saturated heterocycles. The Hall–Kier alpha value is -0.570. The molecule has 0 amide bonds. The van der Waals surface area contributed by atoms with Gasteiger partial charge in [0.1, 0.15) is 0 Å². The minimum absolute atomic E-state index is 0.0458. The van der Waals surface area contributed by atoms with Crippen LogP contribution < -0.4 is 0 Å². The summed E-state index contributed by atoms with van der Waals surface area (Å²) in [6.07, 6.45) is 7.31. The maximum Gasteiger partial charge on any atom is 0.314 e. The van der Waals surface area contributed by atoms with Gasteiger partial charge < -0.3 is 9.47 Å². The summed E-state index contributed by atoms with van der Waals surface area (Å²) >= 11 is 0. The molecule has 3 rings (SSSR count). The fourth-order valence-corrected chi connectivity index (χ4v) is 5.04. The molecule has 3 saturated carbocycles. The maximum atomic E-state index is 12.7. The molecule has 0 aromatic heterocycles. The minimum Gasteiger partial charge on any atom is -0.438 e. The third-order valence-electron chi connectivity index (χ3n) is 6.28. The number of carbonyl (C=O) groups excluding carboxylic acids is 1. The first-order valence-corrected chi connectivity index (χ1v) is 8.92. The highest BCUT2D eigenvalue weighted by Gasteiger charge is 2.67. The molecular formula is C19H32O3. The van der Waals surface area contributed by atoms with Crippen molar-refractivity contribution in [3.63, 3.8) is 0 Å². The largest absolute Gasteiger partial charge is 0.438 e. The van der Waals surface area contributed by atoms with Crippen LogP contribution in [-0.4, -0.2) is 18.9 Å². The van der Waals surface area contributed by atoms with Gasteiger partial charge in [-0.05, 0) is 61.2 Å². The van der Waals surface area contributed by atoms with Gasteiger partial charge in [0, 0.05) is 0 Å². The van der Waals surface area contributed by atoms with Gasteiger partial charge in [-0.25, -0.2) is 0 Å². The van der Waals surface area contributed by atoms with Gasteiger partial charge in [0.05, 0.1) is 11.5 Å². The first kappa shape index (κ1) is 16.3. The van der Waals surface area contributed by atoms with E-state index in [1.807, 2.05) is 0 Å². The maximum absolute atomic E-state index is 12.7. The predicted octanol–water partition coefficient (Wildman–Crippen LogP) is 4.54. The molecule has 3 aliphatic carbocycles. The second kappa shape index (κ2) is 5.22. The molecule has 3 heteroatoms. The van der Waals surface area contributed by atoms with Crippen molar-refractivity contribution in [1.29, 1.82) is 0 Å². The Labute approximate surface area is 135 Å². The average Bonchev–Trinajstić information content (AvgIpc) is 2.77. The average molecular weight is 308 g/mol. The lowest BCUT2D eigenvalue weighted by Gasteiger charge is -2.28. The van der Waals surface area contributed by atoms with Gasteiger partial charge in [-0.2, -0.15) is 0 Å². The highest BCUT2D eigenvalue weighted by molar-refractivity contribution is 5.81. The Balaban J connectivity index is 1.50. The van der Waals surface area contributed by atoms with Crippen molar-refractivity contribution in [2.75, 3.05) is 6.79 Å². The van der Waals surface area contributed by atoms with Gasteiger partial charge in [0.25, 0.3) is 0 Å². The van der Waals surface area contributed by atoms with Crippen LogP contribution in [0.3, 0.4) is 0 Å². The Kier molecular flexibility index (Phi) is 3.87. The van der Waals surface area contributed by atoms with Crippen molar-refractivity contribution >= 4 is 5.97 Å². The Bertz CT molecular complexity index is 448. The van der Waals surface area contributed by atoms with Crippen LogP contribution in [0.15, 0.2) is 0 Å². The van der Waals surface area contributed by atoms with Gasteiger partial charge in [-0.3, -0.25) is 4.79 Å². The summed E-state index contributed by atoms with van der Waals surface area (Å²) in [7, 11) is 0. The summed E-state index contributed by atoms with van der Waals surface area (Å²) in [5.41, 5.74) is -0.106. The number of rotatable bonds is 5. The topological polar surface area (TPSA) is 35.5 Å². The molecule has 0 N–H and O–H groups in total. The lowest BCUT2D eigenvalue weighted by Crippen LogP contribution is -2.30. The molecular weight excluding hydrogens is 276 g/mol. The van der Waals surface area contributed by atoms with Crippen LogP contribution in [0, 0.1) is 28.1 Å². The van der Waals surface area contributed by atoms with Crippen molar-refractivity contribution in [1.82, 2.24) is 0 Å². The Morgan fingerprint density at radius 3 is 2.32 bits per heavy atom. The number of carbonyl (C=O) groups is 1. The summed E-state index contributed by atoms with van der Waals surface area (Å²) in [6.45, 7) is 11.1. The molecule has 4 atom stereocenters. The van der Waals surface area contributed by atoms with E-state index in [1.54, 1.807) is 0 Å². The second-order valence-electron chi connectivity index (χ2n) is 9.81. The lowest BCUT2D eigenvalue weighted by atomic mass is 9.79. The molecule has 3 fully saturated rings. The number of hydrogen-bond acceptors (Lipinski definition) is 3. The van der Waals surface area contributed by atoms with E-state index < -0.39 is 0 Å². The highest BCUT2D eigenvalue weighted by Crippen LogP contribution is 2.68. The molecule has 0 radical (unpaired) electrons. The molecule has 0 spiro atoms. The molecule has 0 heterocycles. The van der Waals surface area contributed by atoms with E-state index >= 15 is 0 Å². The zero-order valence-electron chi connectivity index (χ0n) is 14.9. The quantitative estimate of drug-likeness (QED) is 0.552. The van der Waals surface area contributed by atoms with Crippen LogP contribution in [0.4, 0.5) is 0 Å². The predicted molar refractivity (Wildman–Crippen MR) is 86.2 cm³/mol. The molecule has 2 bridgehead atoms. The van der Waals surface area contributed by atoms with Crippen molar-refractivity contribution in [3.05, 3.63) is 0 Å². The highest BCUT2D eigenvalue weighted by atomic mass is 16.7. The minimum atomic E-state index is -0.302. The lowest BCUT2D eigenvalue weighted by molar-refractivity contribution is -0.172. The standard InChI is InChI=1S/C19H32O3/c1-17(2,3)10-19(11-18(19,4)5)16(20)22-12-21-15-9-13-6-7-14(15)8-13/h13-15H,6-12H2,1-5H3. The van der Waals surface area contributed by atoms with Crippen LogP contribution in [0.2, 0.25) is 0 Å². The molecule has 4 unspecified atom stereocenters. The third kappa shape index (κ3) is 2.93. The number of ether oxygens (including phenoxy) is 2. The second-order valence-corrected chi connectivity index (χ2v) is 9.81. The fraction of sp³-hybridized carbons (Fsp3) is 0.947. The van der Waals surface area contributed by atoms with Gasteiger partial charge in [-0.1, -0.05) is 34.6 Å². The van der Waals surface area contributed by atoms with Gasteiger partial charge in [-0.15, -0.1) is 0 Å². The number of fused-ring (bicyclic) bond motifs is 2. The van der Waals surface area contributed by atoms with Crippen LogP contribution in [-0.2, 0) is 14.3 Å². The molecule has 126 valence electrons. The van der Waals surface area contributed by atoms with E-state index in [1.165, 1.54) is 25.7 Å². The molecule has 3 aliphatic rings. The van der Waals surface area contributed by atoms with Crippen molar-refractivity contribution < 1.29 is 14.3 Å². The molecule has 22 heavy (non-hydrogen) atoms. The van der Waals surface area contributed by atoms with Crippen LogP contribution in [0.1, 0.15) is 73.1 Å². The summed E-state index contributed by atoms with van der Waals surface area (Å²) in [4.78, 5) is 12.7. The Morgan fingerprint density at radius 2 is 1.86 bits per heavy atom. The first-order chi connectivity index (χ1) is 10.1. The SMILES string of the molecule is CC(C)(C)CC1(C(=O)OCOC2CC3CCC2C3)CC1(C)C. The van der Waals surface area contributed by atoms with Crippen molar-refractivity contribution in [3.8, 4) is 0 Å². The molecule has 0 aromatic rings. The zero-order chi connectivity index (χ0) is 16.2. The third-order valence-corrected chi connectivity index (χ3v) is 6.28. The smallest absolute Gasteiger partial charge is 0.314 e. The van der Waals surface area contributed by atoms with Crippen LogP contribution in [0.5, 0.6) is 0 Å². The van der Waals surface area contributed by atoms with Crippen molar-refractivity contribution in [2.45, 2.75) is 79.2 Å². The first-order valence-electron chi connectivity index (χ1n) is 8.92. The molecule has 3 nitrogen and oxygen atoms in total. The van der Waals surface area contributed by atoms with E-state index in [-0.39, 0.29) is 29.0 Å². The van der Waals surface area contributed by atoms with Gasteiger partial charge in [0.15, 0.2) is 6.79 Å². The van der Waals surface area contributed by atoms with E-state index in [0.717, 1.165) is 18.8 Å². The summed E-state index contributed by atoms with van der Waals surface area (Å²) in [5, 5.41) is 0. The number of esters is 1. The monoisotopic (exact) mass is 308 g/mol. The summed E-state index contributed by atoms with van der Waals surface area (Å²) < 4.78 is 11.4. The summed E-state index contributed by atoms with van der Waals surface area (Å²) in [5.74, 6) is 1.53. The Morgan fingerprint density at radius 1 is 1.18 bits per heavy atom. The zero-order valence-corrected chi connectivity index (χ0v) is 14.9. The van der Waals surface area contributed by atoms with E-state index in [0.29, 0.717) is 12.0 Å². The van der Waals surface area contributed by atoms with E-state index in [9.17, 15) is 4.79 Å². The van der Waals surface area contributed by atoms with E-state index in [4.69, 9.17) is 9.47 Å². The summed E-state index contributed by atoms with van der Waals surface area (Å²) in [6, 6.07) is 0. The molecule has 0 aromatic carbocycles. The van der Waals surface area contributed by atoms with E-state index in [2.05, 4.69) is 34.6 Å². The number of hydrogen-bond donors (Lipinski definition) is 0. The van der Waals surface area contributed by atoms with Crippen LogP contribution in [0.25, 0.3) is 0 Å². The van der Waals surface area contributed by atoms with Gasteiger partial charge >= 0.3 is 5.97 Å².